The SMILES string of the molecule is CCOc1ccc(C(=O)NCC(=O)NCC(C)(C)c2ccc(Cl)cc2)cc1OCC. The van der Waals surface area contributed by atoms with E-state index in [1.807, 2.05) is 52.0 Å². The van der Waals surface area contributed by atoms with Crippen LogP contribution in [0.15, 0.2) is 42.5 Å². The van der Waals surface area contributed by atoms with Crippen LogP contribution in [0, 0.1) is 0 Å². The minimum atomic E-state index is -0.355. The van der Waals surface area contributed by atoms with Gasteiger partial charge in [-0.2, -0.15) is 0 Å². The molecular weight excluding hydrogens is 404 g/mol. The van der Waals surface area contributed by atoms with Gasteiger partial charge in [-0.15, -0.1) is 0 Å². The van der Waals surface area contributed by atoms with Gasteiger partial charge >= 0.3 is 0 Å². The molecule has 0 aromatic heterocycles. The number of amides is 2. The Bertz CT molecular complexity index is 866. The molecule has 0 radical (unpaired) electrons. The maximum atomic E-state index is 12.4. The van der Waals surface area contributed by atoms with Crippen molar-refractivity contribution in [2.45, 2.75) is 33.1 Å². The molecule has 2 rings (SSSR count). The molecule has 2 N–H and O–H groups in total. The van der Waals surface area contributed by atoms with Gasteiger partial charge in [0.15, 0.2) is 11.5 Å². The summed E-state index contributed by atoms with van der Waals surface area (Å²) in [6.45, 7) is 9.07. The molecule has 6 nitrogen and oxygen atoms in total. The van der Waals surface area contributed by atoms with Gasteiger partial charge in [0.2, 0.25) is 5.91 Å². The second kappa shape index (κ2) is 10.9. The number of hydrogen-bond acceptors (Lipinski definition) is 4. The molecule has 2 amide bonds. The van der Waals surface area contributed by atoms with Crippen molar-refractivity contribution in [2.75, 3.05) is 26.3 Å². The summed E-state index contributed by atoms with van der Waals surface area (Å²) in [6, 6.07) is 12.5. The maximum absolute atomic E-state index is 12.4. The number of benzene rings is 2. The molecule has 30 heavy (non-hydrogen) atoms. The molecule has 0 heterocycles. The van der Waals surface area contributed by atoms with E-state index in [4.69, 9.17) is 21.1 Å². The van der Waals surface area contributed by atoms with Gasteiger partial charge in [0.1, 0.15) is 0 Å². The number of halogens is 1. The first-order valence-corrected chi connectivity index (χ1v) is 10.3. The van der Waals surface area contributed by atoms with Gasteiger partial charge in [-0.3, -0.25) is 9.59 Å². The predicted octanol–water partition coefficient (Wildman–Crippen LogP) is 3.96. The Kier molecular flexibility index (Phi) is 8.54. The third-order valence-corrected chi connectivity index (χ3v) is 4.82. The first-order chi connectivity index (χ1) is 14.3. The van der Waals surface area contributed by atoms with Crippen LogP contribution in [0.4, 0.5) is 0 Å². The Hall–Kier alpha value is -2.73. The maximum Gasteiger partial charge on any atom is 0.251 e. The summed E-state index contributed by atoms with van der Waals surface area (Å²) in [5, 5.41) is 6.18. The van der Waals surface area contributed by atoms with Crippen LogP contribution in [-0.4, -0.2) is 38.1 Å². The van der Waals surface area contributed by atoms with E-state index in [9.17, 15) is 9.59 Å². The van der Waals surface area contributed by atoms with Gasteiger partial charge in [-0.1, -0.05) is 37.6 Å². The van der Waals surface area contributed by atoms with E-state index in [1.54, 1.807) is 18.2 Å². The number of rotatable bonds is 10. The Morgan fingerprint density at radius 2 is 1.57 bits per heavy atom. The molecule has 162 valence electrons. The predicted molar refractivity (Wildman–Crippen MR) is 119 cm³/mol. The van der Waals surface area contributed by atoms with Gasteiger partial charge in [-0.25, -0.2) is 0 Å². The van der Waals surface area contributed by atoms with Crippen LogP contribution in [-0.2, 0) is 10.2 Å². The van der Waals surface area contributed by atoms with E-state index in [1.165, 1.54) is 0 Å². The van der Waals surface area contributed by atoms with Gasteiger partial charge in [0.25, 0.3) is 5.91 Å². The van der Waals surface area contributed by atoms with Crippen LogP contribution < -0.4 is 20.1 Å². The molecule has 2 aromatic rings. The normalized spacial score (nSPS) is 11.0. The number of ether oxygens (including phenoxy) is 2. The van der Waals surface area contributed by atoms with Crippen LogP contribution in [0.25, 0.3) is 0 Å². The molecule has 0 spiro atoms. The van der Waals surface area contributed by atoms with Gasteiger partial charge in [0.05, 0.1) is 19.8 Å². The Labute approximate surface area is 182 Å². The monoisotopic (exact) mass is 432 g/mol. The topological polar surface area (TPSA) is 76.7 Å². The van der Waals surface area contributed by atoms with Crippen LogP contribution in [0.3, 0.4) is 0 Å². The van der Waals surface area contributed by atoms with E-state index in [-0.39, 0.29) is 23.8 Å². The average Bonchev–Trinajstić information content (AvgIpc) is 2.72. The zero-order chi connectivity index (χ0) is 22.1. The molecule has 0 bridgehead atoms. The van der Waals surface area contributed by atoms with E-state index in [0.29, 0.717) is 41.8 Å². The first-order valence-electron chi connectivity index (χ1n) is 9.97. The van der Waals surface area contributed by atoms with E-state index >= 15 is 0 Å². The summed E-state index contributed by atoms with van der Waals surface area (Å²) in [4.78, 5) is 24.7. The molecule has 0 aliphatic carbocycles. The second-order valence-corrected chi connectivity index (χ2v) is 7.81. The summed E-state index contributed by atoms with van der Waals surface area (Å²) < 4.78 is 11.0. The van der Waals surface area contributed by atoms with Crippen molar-refractivity contribution in [2.24, 2.45) is 0 Å². The molecule has 0 atom stereocenters. The minimum Gasteiger partial charge on any atom is -0.490 e. The molecule has 0 unspecified atom stereocenters. The quantitative estimate of drug-likeness (QED) is 0.595. The second-order valence-electron chi connectivity index (χ2n) is 7.38. The third kappa shape index (κ3) is 6.66. The van der Waals surface area contributed by atoms with Gasteiger partial charge in [0, 0.05) is 22.5 Å². The highest BCUT2D eigenvalue weighted by molar-refractivity contribution is 6.30. The highest BCUT2D eigenvalue weighted by Gasteiger charge is 2.21. The van der Waals surface area contributed by atoms with E-state index in [0.717, 1.165) is 5.56 Å². The average molecular weight is 433 g/mol. The van der Waals surface area contributed by atoms with Crippen molar-refractivity contribution in [3.05, 3.63) is 58.6 Å². The van der Waals surface area contributed by atoms with Crippen molar-refractivity contribution in [3.8, 4) is 11.5 Å². The van der Waals surface area contributed by atoms with Crippen molar-refractivity contribution in [3.63, 3.8) is 0 Å². The molecule has 2 aromatic carbocycles. The summed E-state index contributed by atoms with van der Waals surface area (Å²) in [6.07, 6.45) is 0. The molecule has 0 saturated heterocycles. The lowest BCUT2D eigenvalue weighted by molar-refractivity contribution is -0.120. The standard InChI is InChI=1S/C23H29ClN2O4/c1-5-29-19-12-7-16(13-20(19)30-6-2)22(28)25-14-21(27)26-15-23(3,4)17-8-10-18(24)11-9-17/h7-13H,5-6,14-15H2,1-4H3,(H,25,28)(H,26,27). The largest absolute Gasteiger partial charge is 0.490 e. The molecule has 7 heteroatoms. The van der Waals surface area contributed by atoms with Crippen molar-refractivity contribution < 1.29 is 19.1 Å². The molecule has 0 fully saturated rings. The number of carbonyl (C=O) groups is 2. The highest BCUT2D eigenvalue weighted by Crippen LogP contribution is 2.28. The third-order valence-electron chi connectivity index (χ3n) is 4.57. The van der Waals surface area contributed by atoms with Crippen LogP contribution in [0.5, 0.6) is 11.5 Å². The van der Waals surface area contributed by atoms with Crippen molar-refractivity contribution in [1.29, 1.82) is 0 Å². The van der Waals surface area contributed by atoms with Crippen molar-refractivity contribution in [1.82, 2.24) is 10.6 Å². The molecule has 0 aliphatic rings. The summed E-state index contributed by atoms with van der Waals surface area (Å²) in [7, 11) is 0. The lowest BCUT2D eigenvalue weighted by atomic mass is 9.84. The van der Waals surface area contributed by atoms with Crippen molar-refractivity contribution >= 4 is 23.4 Å². The lowest BCUT2D eigenvalue weighted by Gasteiger charge is -2.25. The molecular formula is C23H29ClN2O4. The van der Waals surface area contributed by atoms with Crippen LogP contribution >= 0.6 is 11.6 Å². The molecule has 0 saturated carbocycles. The summed E-state index contributed by atoms with van der Waals surface area (Å²) in [5.41, 5.74) is 1.19. The first kappa shape index (κ1) is 23.5. The fourth-order valence-electron chi connectivity index (χ4n) is 2.84. The fourth-order valence-corrected chi connectivity index (χ4v) is 2.97. The zero-order valence-corrected chi connectivity index (χ0v) is 18.6. The highest BCUT2D eigenvalue weighted by atomic mass is 35.5. The minimum absolute atomic E-state index is 0.118. The van der Waals surface area contributed by atoms with Gasteiger partial charge < -0.3 is 20.1 Å². The smallest absolute Gasteiger partial charge is 0.251 e. The van der Waals surface area contributed by atoms with Crippen LogP contribution in [0.2, 0.25) is 5.02 Å². The Morgan fingerprint density at radius 3 is 2.20 bits per heavy atom. The summed E-state index contributed by atoms with van der Waals surface area (Å²) in [5.74, 6) is 0.465. The zero-order valence-electron chi connectivity index (χ0n) is 17.9. The molecule has 0 aliphatic heterocycles. The summed E-state index contributed by atoms with van der Waals surface area (Å²) >= 11 is 5.94. The number of hydrogen-bond donors (Lipinski definition) is 2. The number of nitrogens with one attached hydrogen (secondary N) is 2. The van der Waals surface area contributed by atoms with E-state index in [2.05, 4.69) is 10.6 Å². The lowest BCUT2D eigenvalue weighted by Crippen LogP contribution is -2.42. The van der Waals surface area contributed by atoms with Crippen LogP contribution in [0.1, 0.15) is 43.6 Å². The Morgan fingerprint density at radius 1 is 0.933 bits per heavy atom. The Balaban J connectivity index is 1.90. The number of carbonyl (C=O) groups excluding carboxylic acids is 2. The van der Waals surface area contributed by atoms with Gasteiger partial charge in [-0.05, 0) is 49.7 Å². The van der Waals surface area contributed by atoms with E-state index < -0.39 is 0 Å². The fraction of sp³-hybridized carbons (Fsp3) is 0.391.